The fraction of sp³-hybridized carbons (Fsp3) is 0.273. The number of hydrogen-bond donors (Lipinski definition) is 1. The molecule has 0 saturated heterocycles. The Bertz CT molecular complexity index is 465. The maximum atomic E-state index is 11.6. The summed E-state index contributed by atoms with van der Waals surface area (Å²) in [5.74, 6) is 3.35. The highest BCUT2D eigenvalue weighted by molar-refractivity contribution is 5.83. The van der Waals surface area contributed by atoms with Gasteiger partial charge >= 0.3 is 5.97 Å². The largest absolute Gasteiger partial charge is 0.465 e. The van der Waals surface area contributed by atoms with Crippen LogP contribution in [0.1, 0.15) is 18.4 Å². The third kappa shape index (κ3) is 3.01. The zero-order valence-electron chi connectivity index (χ0n) is 9.33. The molecular formula is C11H12N4O2. The van der Waals surface area contributed by atoms with Crippen molar-refractivity contribution in [1.29, 1.82) is 5.26 Å². The molecule has 1 atom stereocenters. The molecule has 0 heterocycles. The fourth-order valence-corrected chi connectivity index (χ4v) is 1.36. The number of nitrogens with zero attached hydrogens (tertiary/aromatic N) is 3. The molecule has 6 heteroatoms. The first kappa shape index (κ1) is 12.6. The van der Waals surface area contributed by atoms with Crippen LogP contribution in [0.2, 0.25) is 0 Å². The first-order valence-electron chi connectivity index (χ1n) is 5.00. The van der Waals surface area contributed by atoms with E-state index in [0.717, 1.165) is 0 Å². The van der Waals surface area contributed by atoms with Crippen LogP contribution in [0.4, 0.5) is 5.69 Å². The summed E-state index contributed by atoms with van der Waals surface area (Å²) in [4.78, 5) is 11.6. The monoisotopic (exact) mass is 232 g/mol. The summed E-state index contributed by atoms with van der Waals surface area (Å²) < 4.78 is 4.82. The van der Waals surface area contributed by atoms with Gasteiger partial charge in [-0.25, -0.2) is 0 Å². The van der Waals surface area contributed by atoms with E-state index in [0.29, 0.717) is 11.3 Å². The SMILES string of the molecule is CCOC(=O)C(C#N)c1ccccc1N=NN. The molecule has 0 bridgehead atoms. The molecule has 0 amide bonds. The van der Waals surface area contributed by atoms with E-state index in [2.05, 4.69) is 10.3 Å². The van der Waals surface area contributed by atoms with Gasteiger partial charge in [-0.3, -0.25) is 4.79 Å². The topological polar surface area (TPSA) is 101 Å². The molecular weight excluding hydrogens is 220 g/mol. The molecule has 1 unspecified atom stereocenters. The highest BCUT2D eigenvalue weighted by atomic mass is 16.5. The zero-order chi connectivity index (χ0) is 12.7. The Labute approximate surface area is 98.7 Å². The molecule has 0 aliphatic rings. The number of ether oxygens (including phenoxy) is 1. The minimum Gasteiger partial charge on any atom is -0.465 e. The first-order valence-corrected chi connectivity index (χ1v) is 5.00. The van der Waals surface area contributed by atoms with Crippen LogP contribution in [0.3, 0.4) is 0 Å². The van der Waals surface area contributed by atoms with Gasteiger partial charge in [0.1, 0.15) is 0 Å². The Morgan fingerprint density at radius 2 is 2.29 bits per heavy atom. The van der Waals surface area contributed by atoms with Crippen molar-refractivity contribution in [3.05, 3.63) is 29.8 Å². The zero-order valence-corrected chi connectivity index (χ0v) is 9.33. The van der Waals surface area contributed by atoms with Crippen molar-refractivity contribution in [1.82, 2.24) is 0 Å². The van der Waals surface area contributed by atoms with Crippen molar-refractivity contribution >= 4 is 11.7 Å². The highest BCUT2D eigenvalue weighted by Gasteiger charge is 2.24. The van der Waals surface area contributed by atoms with Gasteiger partial charge in [0.2, 0.25) is 0 Å². The molecule has 0 aliphatic carbocycles. The minimum absolute atomic E-state index is 0.220. The van der Waals surface area contributed by atoms with Crippen LogP contribution < -0.4 is 5.84 Å². The number of nitrogens with two attached hydrogens (primary N) is 1. The predicted molar refractivity (Wildman–Crippen MR) is 60.1 cm³/mol. The van der Waals surface area contributed by atoms with Gasteiger partial charge in [-0.05, 0) is 13.0 Å². The van der Waals surface area contributed by atoms with E-state index < -0.39 is 11.9 Å². The lowest BCUT2D eigenvalue weighted by Crippen LogP contribution is -2.14. The molecule has 6 nitrogen and oxygen atoms in total. The summed E-state index contributed by atoms with van der Waals surface area (Å²) in [5, 5.41) is 15.8. The first-order chi connectivity index (χ1) is 8.24. The van der Waals surface area contributed by atoms with Gasteiger partial charge in [0.15, 0.2) is 5.92 Å². The number of hydrogen-bond acceptors (Lipinski definition) is 5. The van der Waals surface area contributed by atoms with Crippen LogP contribution in [-0.2, 0) is 9.53 Å². The Balaban J connectivity index is 3.12. The lowest BCUT2D eigenvalue weighted by atomic mass is 9.99. The standard InChI is InChI=1S/C11H12N4O2/c1-2-17-11(16)9(7-12)8-5-3-4-6-10(8)14-15-13/h3-6,9H,2H2,1H3,(H2,13,14). The fourth-order valence-electron chi connectivity index (χ4n) is 1.36. The van der Waals surface area contributed by atoms with Gasteiger partial charge in [-0.2, -0.15) is 5.26 Å². The van der Waals surface area contributed by atoms with Crippen LogP contribution in [0.5, 0.6) is 0 Å². The summed E-state index contributed by atoms with van der Waals surface area (Å²) in [6, 6.07) is 8.54. The number of esters is 1. The Morgan fingerprint density at radius 1 is 1.59 bits per heavy atom. The van der Waals surface area contributed by atoms with Crippen molar-refractivity contribution in [2.45, 2.75) is 12.8 Å². The maximum absolute atomic E-state index is 11.6. The van der Waals surface area contributed by atoms with Crippen LogP contribution >= 0.6 is 0 Å². The van der Waals surface area contributed by atoms with E-state index >= 15 is 0 Å². The molecule has 88 valence electrons. The van der Waals surface area contributed by atoms with Crippen LogP contribution in [0, 0.1) is 11.3 Å². The number of carbonyl (C=O) groups is 1. The predicted octanol–water partition coefficient (Wildman–Crippen LogP) is 1.81. The third-order valence-corrected chi connectivity index (χ3v) is 2.06. The molecule has 0 saturated carbocycles. The van der Waals surface area contributed by atoms with Crippen molar-refractivity contribution in [3.8, 4) is 6.07 Å². The molecule has 0 radical (unpaired) electrons. The molecule has 1 aromatic rings. The normalized spacial score (nSPS) is 12.0. The summed E-state index contributed by atoms with van der Waals surface area (Å²) in [5.41, 5.74) is 0.817. The lowest BCUT2D eigenvalue weighted by molar-refractivity contribution is -0.143. The van der Waals surface area contributed by atoms with Crippen molar-refractivity contribution in [2.75, 3.05) is 6.61 Å². The molecule has 0 aliphatic heterocycles. The van der Waals surface area contributed by atoms with E-state index in [1.54, 1.807) is 31.2 Å². The average molecular weight is 232 g/mol. The van der Waals surface area contributed by atoms with Crippen molar-refractivity contribution in [3.63, 3.8) is 0 Å². The molecule has 1 rings (SSSR count). The van der Waals surface area contributed by atoms with Gasteiger partial charge in [-0.15, -0.1) is 5.11 Å². The molecule has 0 aromatic heterocycles. The molecule has 0 fully saturated rings. The Morgan fingerprint density at radius 3 is 2.88 bits per heavy atom. The van der Waals surface area contributed by atoms with Crippen LogP contribution in [0.15, 0.2) is 34.6 Å². The molecule has 2 N–H and O–H groups in total. The maximum Gasteiger partial charge on any atom is 0.327 e. The van der Waals surface area contributed by atoms with Gasteiger partial charge in [0.05, 0.1) is 18.4 Å². The molecule has 1 aromatic carbocycles. The molecule has 0 spiro atoms. The van der Waals surface area contributed by atoms with Gasteiger partial charge in [0.25, 0.3) is 0 Å². The number of carbonyl (C=O) groups excluding carboxylic acids is 1. The number of rotatable bonds is 4. The highest BCUT2D eigenvalue weighted by Crippen LogP contribution is 2.27. The second kappa shape index (κ2) is 6.23. The smallest absolute Gasteiger partial charge is 0.327 e. The van der Waals surface area contributed by atoms with E-state index in [-0.39, 0.29) is 6.61 Å². The number of nitriles is 1. The van der Waals surface area contributed by atoms with Crippen molar-refractivity contribution in [2.24, 2.45) is 16.2 Å². The second-order valence-electron chi connectivity index (χ2n) is 3.09. The van der Waals surface area contributed by atoms with Gasteiger partial charge in [-0.1, -0.05) is 23.4 Å². The van der Waals surface area contributed by atoms with Crippen LogP contribution in [-0.4, -0.2) is 12.6 Å². The van der Waals surface area contributed by atoms with Gasteiger partial charge in [0, 0.05) is 5.56 Å². The second-order valence-corrected chi connectivity index (χ2v) is 3.09. The summed E-state index contributed by atoms with van der Waals surface area (Å²) in [6.45, 7) is 1.90. The minimum atomic E-state index is -1.02. The Hall–Kier alpha value is -2.42. The third-order valence-electron chi connectivity index (χ3n) is 2.06. The van der Waals surface area contributed by atoms with E-state index in [9.17, 15) is 4.79 Å². The summed E-state index contributed by atoms with van der Waals surface area (Å²) in [7, 11) is 0. The molecule has 17 heavy (non-hydrogen) atoms. The number of benzene rings is 1. The van der Waals surface area contributed by atoms with Gasteiger partial charge < -0.3 is 10.6 Å². The quantitative estimate of drug-likeness (QED) is 0.370. The van der Waals surface area contributed by atoms with E-state index in [4.69, 9.17) is 15.8 Å². The average Bonchev–Trinajstić information content (AvgIpc) is 2.33. The van der Waals surface area contributed by atoms with Crippen LogP contribution in [0.25, 0.3) is 0 Å². The lowest BCUT2D eigenvalue weighted by Gasteiger charge is -2.10. The Kier molecular flexibility index (Phi) is 4.63. The van der Waals surface area contributed by atoms with E-state index in [1.807, 2.05) is 6.07 Å². The summed E-state index contributed by atoms with van der Waals surface area (Å²) >= 11 is 0. The van der Waals surface area contributed by atoms with Crippen molar-refractivity contribution < 1.29 is 9.53 Å². The summed E-state index contributed by atoms with van der Waals surface area (Å²) in [6.07, 6.45) is 0. The van der Waals surface area contributed by atoms with E-state index in [1.165, 1.54) is 0 Å².